The van der Waals surface area contributed by atoms with Crippen LogP contribution in [-0.4, -0.2) is 47.8 Å². The number of imidazole rings is 4. The van der Waals surface area contributed by atoms with Crippen molar-refractivity contribution in [2.24, 2.45) is 0 Å². The first kappa shape index (κ1) is 44.3. The smallest absolute Gasteiger partial charge is 0.164 e. The lowest BCUT2D eigenvalue weighted by Crippen LogP contribution is -2.02. The molecule has 0 radical (unpaired) electrons. The van der Waals surface area contributed by atoms with Crippen molar-refractivity contribution in [1.82, 2.24) is 47.8 Å². The molecule has 0 aliphatic heterocycles. The first-order chi connectivity index (χ1) is 39.2. The fraction of sp³-hybridized carbons (Fsp3) is 0. The van der Waals surface area contributed by atoms with Gasteiger partial charge in [-0.15, -0.1) is 0 Å². The van der Waals surface area contributed by atoms with E-state index in [0.717, 1.165) is 140 Å². The molecule has 370 valence electrons. The number of nitrogens with zero attached hydrogens (tertiary/aromatic N) is 10. The Morgan fingerprint density at radius 1 is 0.253 bits per heavy atom. The van der Waals surface area contributed by atoms with Gasteiger partial charge in [-0.05, 0) is 133 Å². The highest BCUT2D eigenvalue weighted by Gasteiger charge is 2.31. The number of pyridine rings is 1. The van der Waals surface area contributed by atoms with Crippen LogP contribution in [-0.2, 0) is 0 Å². The largest absolute Gasteiger partial charge is 0.308 e. The Morgan fingerprint density at radius 3 is 1.13 bits per heavy atom. The van der Waals surface area contributed by atoms with Crippen molar-refractivity contribution in [3.63, 3.8) is 0 Å². The van der Waals surface area contributed by atoms with Gasteiger partial charge in [0.05, 0.1) is 44.1 Å². The molecule has 6 aromatic heterocycles. The van der Waals surface area contributed by atoms with Crippen LogP contribution >= 0.6 is 0 Å². The summed E-state index contributed by atoms with van der Waals surface area (Å²) in [7, 11) is 0. The Bertz CT molecular complexity index is 4990. The summed E-state index contributed by atoms with van der Waals surface area (Å²) in [5.41, 5.74) is 17.7. The molecule has 16 aromatic rings. The van der Waals surface area contributed by atoms with Crippen LogP contribution in [0.2, 0.25) is 0 Å². The van der Waals surface area contributed by atoms with E-state index in [1.807, 2.05) is 24.4 Å². The Balaban J connectivity index is 1.16. The fourth-order valence-electron chi connectivity index (χ4n) is 11.8. The number of rotatable bonds is 9. The van der Waals surface area contributed by atoms with E-state index in [0.29, 0.717) is 0 Å². The zero-order chi connectivity index (χ0) is 52.0. The summed E-state index contributed by atoms with van der Waals surface area (Å²) in [5.74, 6) is 3.12. The summed E-state index contributed by atoms with van der Waals surface area (Å²) in [6.45, 7) is 0. The third kappa shape index (κ3) is 6.94. The van der Waals surface area contributed by atoms with Gasteiger partial charge >= 0.3 is 0 Å². The van der Waals surface area contributed by atoms with Crippen molar-refractivity contribution in [1.29, 1.82) is 0 Å². The summed E-state index contributed by atoms with van der Waals surface area (Å²) < 4.78 is 11.5. The molecule has 0 aliphatic carbocycles. The Hall–Kier alpha value is -11.0. The SMILES string of the molecule is c1ccc(-n2c(-c3cc(-c4nc5cccnc5n4-c4ccccc4)cc4c3c3c(-c5nc6ccccc6n5-c5ccccc5)ccc(-c5nc6ccccc6n5-c5ccccc5)c3n4-c3ccccc3)nc3ccccc32)cc1. The van der Waals surface area contributed by atoms with Gasteiger partial charge in [-0.3, -0.25) is 18.3 Å². The molecule has 0 spiro atoms. The molecule has 0 amide bonds. The third-order valence-electron chi connectivity index (χ3n) is 15.2. The molecule has 0 aliphatic rings. The predicted molar refractivity (Wildman–Crippen MR) is 319 cm³/mol. The zero-order valence-corrected chi connectivity index (χ0v) is 42.4. The van der Waals surface area contributed by atoms with Gasteiger partial charge < -0.3 is 4.57 Å². The van der Waals surface area contributed by atoms with Crippen LogP contribution < -0.4 is 0 Å². The first-order valence-electron chi connectivity index (χ1n) is 26.4. The number of aromatic nitrogens is 10. The van der Waals surface area contributed by atoms with Crippen LogP contribution in [0.25, 0.3) is 140 Å². The predicted octanol–water partition coefficient (Wildman–Crippen LogP) is 16.2. The molecule has 0 N–H and O–H groups in total. The number of para-hydroxylation sites is 11. The molecule has 10 aromatic carbocycles. The zero-order valence-electron chi connectivity index (χ0n) is 42.4. The first-order valence-corrected chi connectivity index (χ1v) is 26.4. The molecule has 0 fully saturated rings. The molecular formula is C69H44N10. The molecule has 10 nitrogen and oxygen atoms in total. The molecule has 0 saturated carbocycles. The van der Waals surface area contributed by atoms with E-state index in [2.05, 4.69) is 265 Å². The van der Waals surface area contributed by atoms with Crippen LogP contribution in [0.4, 0.5) is 0 Å². The number of hydrogen-bond donors (Lipinski definition) is 0. The Labute approximate surface area is 452 Å². The minimum absolute atomic E-state index is 0.743. The number of benzene rings is 10. The van der Waals surface area contributed by atoms with E-state index in [9.17, 15) is 0 Å². The van der Waals surface area contributed by atoms with E-state index >= 15 is 0 Å². The average Bonchev–Trinajstić information content (AvgIpc) is 4.52. The third-order valence-corrected chi connectivity index (χ3v) is 15.2. The standard InChI is InChI=1S/C69H44N10/c1-6-23-46(24-7-1)75-61-44-45(65-74-57-36-22-42-70-69(57)79(65)50-31-14-5-15-32-50)43-53(68-73-56-35-18-21-39-60(56)78(68)49-29-12-4-13-30-49)62(61)63-51(66-71-54-33-16-19-37-58(54)76(66)47-25-8-2-9-26-47)40-41-52(64(63)75)67-72-55-34-17-20-38-59(55)77(67)48-27-10-3-11-28-48/h1-44H. The van der Waals surface area contributed by atoms with Crippen LogP contribution in [0.15, 0.2) is 267 Å². The van der Waals surface area contributed by atoms with Gasteiger partial charge in [0.25, 0.3) is 0 Å². The highest BCUT2D eigenvalue weighted by Crippen LogP contribution is 2.50. The number of hydrogen-bond acceptors (Lipinski definition) is 5. The van der Waals surface area contributed by atoms with Gasteiger partial charge in [0.2, 0.25) is 0 Å². The molecule has 79 heavy (non-hydrogen) atoms. The van der Waals surface area contributed by atoms with Crippen LogP contribution in [0.5, 0.6) is 0 Å². The van der Waals surface area contributed by atoms with Crippen LogP contribution in [0, 0.1) is 0 Å². The fourth-order valence-corrected chi connectivity index (χ4v) is 11.8. The highest BCUT2D eigenvalue weighted by atomic mass is 15.1. The lowest BCUT2D eigenvalue weighted by Gasteiger charge is -2.16. The van der Waals surface area contributed by atoms with Gasteiger partial charge in [0.1, 0.15) is 28.8 Å². The molecule has 6 heterocycles. The molecule has 10 heteroatoms. The maximum absolute atomic E-state index is 5.70. The molecule has 0 unspecified atom stereocenters. The molecule has 0 atom stereocenters. The molecular weight excluding hydrogens is 969 g/mol. The summed E-state index contributed by atoms with van der Waals surface area (Å²) in [5, 5.41) is 1.98. The van der Waals surface area contributed by atoms with Gasteiger partial charge in [-0.2, -0.15) is 0 Å². The van der Waals surface area contributed by atoms with Gasteiger partial charge in [-0.25, -0.2) is 24.9 Å². The van der Waals surface area contributed by atoms with Crippen molar-refractivity contribution in [2.75, 3.05) is 0 Å². The van der Waals surface area contributed by atoms with Crippen molar-refractivity contribution in [2.45, 2.75) is 0 Å². The maximum Gasteiger partial charge on any atom is 0.164 e. The van der Waals surface area contributed by atoms with E-state index in [1.165, 1.54) is 0 Å². The second-order valence-corrected chi connectivity index (χ2v) is 19.7. The second-order valence-electron chi connectivity index (χ2n) is 19.7. The maximum atomic E-state index is 5.70. The van der Waals surface area contributed by atoms with E-state index < -0.39 is 0 Å². The van der Waals surface area contributed by atoms with Crippen LogP contribution in [0.3, 0.4) is 0 Å². The lowest BCUT2D eigenvalue weighted by atomic mass is 9.96. The normalized spacial score (nSPS) is 11.8. The monoisotopic (exact) mass is 1010 g/mol. The minimum atomic E-state index is 0.743. The van der Waals surface area contributed by atoms with E-state index in [-0.39, 0.29) is 0 Å². The van der Waals surface area contributed by atoms with Crippen molar-refractivity contribution >= 4 is 66.1 Å². The van der Waals surface area contributed by atoms with Crippen molar-refractivity contribution in [3.8, 4) is 74.0 Å². The summed E-state index contributed by atoms with van der Waals surface area (Å²) in [4.78, 5) is 27.4. The summed E-state index contributed by atoms with van der Waals surface area (Å²) in [6.07, 6.45) is 1.84. The van der Waals surface area contributed by atoms with Gasteiger partial charge in [-0.1, -0.05) is 127 Å². The molecule has 0 bridgehead atoms. The number of fused-ring (bicyclic) bond motifs is 7. The molecule has 0 saturated heterocycles. The average molecular weight is 1010 g/mol. The van der Waals surface area contributed by atoms with Gasteiger partial charge in [0, 0.05) is 67.7 Å². The van der Waals surface area contributed by atoms with Crippen LogP contribution in [0.1, 0.15) is 0 Å². The van der Waals surface area contributed by atoms with E-state index in [4.69, 9.17) is 24.9 Å². The summed E-state index contributed by atoms with van der Waals surface area (Å²) >= 11 is 0. The highest BCUT2D eigenvalue weighted by molar-refractivity contribution is 6.24. The lowest BCUT2D eigenvalue weighted by molar-refractivity contribution is 1.07. The topological polar surface area (TPSA) is 89.1 Å². The quantitative estimate of drug-likeness (QED) is 0.144. The summed E-state index contributed by atoms with van der Waals surface area (Å²) in [6, 6.07) is 91.2. The van der Waals surface area contributed by atoms with Crippen molar-refractivity contribution < 1.29 is 0 Å². The Morgan fingerprint density at radius 2 is 0.633 bits per heavy atom. The van der Waals surface area contributed by atoms with Crippen molar-refractivity contribution in [3.05, 3.63) is 267 Å². The van der Waals surface area contributed by atoms with E-state index in [1.54, 1.807) is 0 Å². The van der Waals surface area contributed by atoms with Gasteiger partial charge in [0.15, 0.2) is 5.65 Å². The second kappa shape index (κ2) is 17.8. The Kier molecular flexibility index (Phi) is 10.0. The minimum Gasteiger partial charge on any atom is -0.308 e. The molecule has 16 rings (SSSR count).